The highest BCUT2D eigenvalue weighted by molar-refractivity contribution is 5.91. The third kappa shape index (κ3) is 3.67. The monoisotopic (exact) mass is 264 g/mol. The molecule has 0 aromatic carbocycles. The van der Waals surface area contributed by atoms with E-state index in [1.165, 1.54) is 0 Å². The molecule has 2 heterocycles. The lowest BCUT2D eigenvalue weighted by Crippen LogP contribution is -2.39. The largest absolute Gasteiger partial charge is 0.377 e. The van der Waals surface area contributed by atoms with Crippen molar-refractivity contribution in [2.75, 3.05) is 26.3 Å². The van der Waals surface area contributed by atoms with Crippen LogP contribution in [0.4, 0.5) is 0 Å². The summed E-state index contributed by atoms with van der Waals surface area (Å²) in [6, 6.07) is 1.68. The van der Waals surface area contributed by atoms with E-state index in [2.05, 4.69) is 11.7 Å². The summed E-state index contributed by atoms with van der Waals surface area (Å²) < 4.78 is 10.5. The molecule has 0 unspecified atom stereocenters. The van der Waals surface area contributed by atoms with Crippen LogP contribution in [-0.2, 0) is 4.74 Å². The third-order valence-corrected chi connectivity index (χ3v) is 3.33. The van der Waals surface area contributed by atoms with Gasteiger partial charge >= 0.3 is 0 Å². The molecule has 0 aliphatic carbocycles. The van der Waals surface area contributed by atoms with Crippen LogP contribution in [0.5, 0.6) is 0 Å². The fourth-order valence-electron chi connectivity index (χ4n) is 2.24. The highest BCUT2D eigenvalue weighted by atomic mass is 16.5. The first-order valence-electron chi connectivity index (χ1n) is 6.62. The predicted octanol–water partition coefficient (Wildman–Crippen LogP) is 2.04. The summed E-state index contributed by atoms with van der Waals surface area (Å²) >= 11 is 0. The normalized spacial score (nSPS) is 16.6. The molecule has 1 aromatic heterocycles. The molecule has 1 amide bonds. The van der Waals surface area contributed by atoms with Gasteiger partial charge in [-0.15, -0.1) is 6.58 Å². The quantitative estimate of drug-likeness (QED) is 0.603. The predicted molar refractivity (Wildman–Crippen MR) is 70.9 cm³/mol. The van der Waals surface area contributed by atoms with Gasteiger partial charge in [-0.05, 0) is 25.7 Å². The number of amides is 1. The number of aryl methyl sites for hydroxylation is 1. The van der Waals surface area contributed by atoms with E-state index in [0.29, 0.717) is 18.3 Å². The van der Waals surface area contributed by atoms with Crippen LogP contribution >= 0.6 is 0 Å². The number of hydrogen-bond acceptors (Lipinski definition) is 4. The number of carbonyl (C=O) groups excluding carboxylic acids is 1. The summed E-state index contributed by atoms with van der Waals surface area (Å²) in [5.74, 6) is 0.797. The van der Waals surface area contributed by atoms with Crippen LogP contribution < -0.4 is 0 Å². The van der Waals surface area contributed by atoms with Gasteiger partial charge in [0.05, 0.1) is 12.3 Å². The lowest BCUT2D eigenvalue weighted by molar-refractivity contribution is 0.0543. The van der Waals surface area contributed by atoms with Crippen molar-refractivity contribution in [3.05, 3.63) is 30.2 Å². The van der Waals surface area contributed by atoms with Crippen molar-refractivity contribution in [2.24, 2.45) is 5.92 Å². The fourth-order valence-corrected chi connectivity index (χ4v) is 2.24. The molecule has 2 rings (SSSR count). The molecule has 0 saturated carbocycles. The van der Waals surface area contributed by atoms with Gasteiger partial charge < -0.3 is 14.2 Å². The van der Waals surface area contributed by atoms with Crippen LogP contribution in [0.3, 0.4) is 0 Å². The van der Waals surface area contributed by atoms with Crippen molar-refractivity contribution in [2.45, 2.75) is 19.8 Å². The van der Waals surface area contributed by atoms with Crippen LogP contribution in [0, 0.1) is 12.8 Å². The number of hydrogen-bond donors (Lipinski definition) is 0. The molecule has 19 heavy (non-hydrogen) atoms. The van der Waals surface area contributed by atoms with Gasteiger partial charge in [-0.3, -0.25) is 4.79 Å². The van der Waals surface area contributed by atoms with Crippen LogP contribution in [0.15, 0.2) is 23.2 Å². The van der Waals surface area contributed by atoms with Crippen LogP contribution in [0.25, 0.3) is 0 Å². The number of rotatable bonds is 5. The lowest BCUT2D eigenvalue weighted by Gasteiger charge is -2.31. The number of carbonyl (C=O) groups is 1. The van der Waals surface area contributed by atoms with Crippen molar-refractivity contribution in [3.8, 4) is 0 Å². The molecule has 104 valence electrons. The van der Waals surface area contributed by atoms with Gasteiger partial charge in [-0.2, -0.15) is 0 Å². The minimum atomic E-state index is -0.0638. The Labute approximate surface area is 113 Å². The van der Waals surface area contributed by atoms with E-state index in [4.69, 9.17) is 9.26 Å². The maximum absolute atomic E-state index is 12.1. The van der Waals surface area contributed by atoms with E-state index in [1.807, 2.05) is 11.8 Å². The van der Waals surface area contributed by atoms with Gasteiger partial charge in [0.15, 0.2) is 0 Å². The minimum Gasteiger partial charge on any atom is -0.377 e. The average molecular weight is 264 g/mol. The summed E-state index contributed by atoms with van der Waals surface area (Å²) in [6.45, 7) is 8.27. The van der Waals surface area contributed by atoms with Gasteiger partial charge in [0, 0.05) is 25.8 Å². The summed E-state index contributed by atoms with van der Waals surface area (Å²) in [7, 11) is 0. The van der Waals surface area contributed by atoms with Gasteiger partial charge in [0.1, 0.15) is 0 Å². The Balaban J connectivity index is 1.79. The number of nitrogens with zero attached hydrogens (tertiary/aromatic N) is 2. The fraction of sp³-hybridized carbons (Fsp3) is 0.571. The highest BCUT2D eigenvalue weighted by Crippen LogP contribution is 2.19. The smallest absolute Gasteiger partial charge is 0.292 e. The van der Waals surface area contributed by atoms with Crippen molar-refractivity contribution >= 4 is 5.91 Å². The maximum Gasteiger partial charge on any atom is 0.292 e. The van der Waals surface area contributed by atoms with E-state index < -0.39 is 0 Å². The van der Waals surface area contributed by atoms with Crippen molar-refractivity contribution in [1.29, 1.82) is 0 Å². The van der Waals surface area contributed by atoms with Crippen LogP contribution in [0.2, 0.25) is 0 Å². The van der Waals surface area contributed by atoms with Gasteiger partial charge in [-0.1, -0.05) is 11.2 Å². The van der Waals surface area contributed by atoms with Gasteiger partial charge in [-0.25, -0.2) is 0 Å². The second kappa shape index (κ2) is 6.52. The molecular weight excluding hydrogens is 244 g/mol. The van der Waals surface area contributed by atoms with E-state index in [9.17, 15) is 4.79 Å². The first-order chi connectivity index (χ1) is 9.20. The number of piperidine rings is 1. The van der Waals surface area contributed by atoms with Crippen molar-refractivity contribution in [1.82, 2.24) is 10.1 Å². The second-order valence-electron chi connectivity index (χ2n) is 4.89. The molecule has 1 saturated heterocycles. The Kier molecular flexibility index (Phi) is 4.74. The zero-order chi connectivity index (χ0) is 13.7. The Hall–Kier alpha value is -1.62. The van der Waals surface area contributed by atoms with E-state index in [0.717, 1.165) is 38.2 Å². The van der Waals surface area contributed by atoms with E-state index in [1.54, 1.807) is 12.1 Å². The summed E-state index contributed by atoms with van der Waals surface area (Å²) in [5.41, 5.74) is 0.732. The molecule has 0 atom stereocenters. The zero-order valence-corrected chi connectivity index (χ0v) is 11.3. The van der Waals surface area contributed by atoms with E-state index in [-0.39, 0.29) is 5.91 Å². The first kappa shape index (κ1) is 13.8. The minimum absolute atomic E-state index is 0.0638. The SMILES string of the molecule is C=CCOCC1CCN(C(=O)c2cc(C)no2)CC1. The highest BCUT2D eigenvalue weighted by Gasteiger charge is 2.25. The molecule has 0 radical (unpaired) electrons. The van der Waals surface area contributed by atoms with Crippen molar-refractivity contribution in [3.63, 3.8) is 0 Å². The third-order valence-electron chi connectivity index (χ3n) is 3.33. The summed E-state index contributed by atoms with van der Waals surface area (Å²) in [6.07, 6.45) is 3.69. The number of ether oxygens (including phenoxy) is 1. The molecule has 1 aromatic rings. The Morgan fingerprint density at radius 1 is 1.63 bits per heavy atom. The molecule has 5 nitrogen and oxygen atoms in total. The van der Waals surface area contributed by atoms with Crippen LogP contribution in [-0.4, -0.2) is 42.3 Å². The Morgan fingerprint density at radius 2 is 2.37 bits per heavy atom. The molecule has 1 aliphatic rings. The summed E-state index contributed by atoms with van der Waals surface area (Å²) in [5, 5.41) is 3.75. The molecule has 1 fully saturated rings. The average Bonchev–Trinajstić information content (AvgIpc) is 2.86. The molecule has 1 aliphatic heterocycles. The standard InChI is InChI=1S/C14H20N2O3/c1-3-8-18-10-12-4-6-16(7-5-12)14(17)13-9-11(2)15-19-13/h3,9,12H,1,4-8,10H2,2H3. The molecule has 0 N–H and O–H groups in total. The first-order valence-corrected chi connectivity index (χ1v) is 6.62. The topological polar surface area (TPSA) is 55.6 Å². The molecular formula is C14H20N2O3. The second-order valence-corrected chi connectivity index (χ2v) is 4.89. The van der Waals surface area contributed by atoms with Gasteiger partial charge in [0.25, 0.3) is 5.91 Å². The Morgan fingerprint density at radius 3 is 2.95 bits per heavy atom. The Bertz CT molecular complexity index is 434. The van der Waals surface area contributed by atoms with Crippen molar-refractivity contribution < 1.29 is 14.1 Å². The molecule has 0 spiro atoms. The van der Waals surface area contributed by atoms with E-state index >= 15 is 0 Å². The lowest BCUT2D eigenvalue weighted by atomic mass is 9.97. The van der Waals surface area contributed by atoms with Crippen LogP contribution in [0.1, 0.15) is 29.1 Å². The zero-order valence-electron chi connectivity index (χ0n) is 11.3. The number of aromatic nitrogens is 1. The van der Waals surface area contributed by atoms with Gasteiger partial charge in [0.2, 0.25) is 5.76 Å². The molecule has 5 heteroatoms. The molecule has 0 bridgehead atoms. The summed E-state index contributed by atoms with van der Waals surface area (Å²) in [4.78, 5) is 14.0. The maximum atomic E-state index is 12.1. The number of likely N-dealkylation sites (tertiary alicyclic amines) is 1.